The molecule has 2 unspecified atom stereocenters. The Hall–Kier alpha value is -0.420. The summed E-state index contributed by atoms with van der Waals surface area (Å²) < 4.78 is 12.7. The Balaban J connectivity index is 1.60. The van der Waals surface area contributed by atoms with Crippen molar-refractivity contribution < 1.29 is 9.47 Å². The van der Waals surface area contributed by atoms with E-state index in [0.29, 0.717) is 12.1 Å². The number of halogens is 1. The first-order valence-corrected chi connectivity index (χ1v) is 8.69. The molecule has 3 rings (SSSR count). The van der Waals surface area contributed by atoms with Gasteiger partial charge in [-0.2, -0.15) is 0 Å². The third kappa shape index (κ3) is 3.86. The van der Waals surface area contributed by atoms with Crippen LogP contribution in [0.5, 0.6) is 0 Å². The maximum absolute atomic E-state index is 6.11. The van der Waals surface area contributed by atoms with E-state index in [0.717, 1.165) is 50.0 Å². The van der Waals surface area contributed by atoms with Crippen LogP contribution in [0.25, 0.3) is 0 Å². The number of ether oxygens (including phenoxy) is 2. The Morgan fingerprint density at radius 2 is 1.90 bits per heavy atom. The lowest BCUT2D eigenvalue weighted by Gasteiger charge is -2.44. The number of rotatable bonds is 3. The maximum atomic E-state index is 6.11. The topological polar surface area (TPSA) is 30.5 Å². The fraction of sp³-hybridized carbons (Fsp3) is 0.647. The molecule has 1 aromatic carbocycles. The van der Waals surface area contributed by atoms with Gasteiger partial charge >= 0.3 is 0 Å². The summed E-state index contributed by atoms with van der Waals surface area (Å²) in [6.45, 7) is 4.80. The van der Waals surface area contributed by atoms with Gasteiger partial charge in [0.2, 0.25) is 0 Å². The summed E-state index contributed by atoms with van der Waals surface area (Å²) in [7, 11) is 0. The van der Waals surface area contributed by atoms with Crippen molar-refractivity contribution in [1.29, 1.82) is 0 Å². The van der Waals surface area contributed by atoms with E-state index >= 15 is 0 Å². The van der Waals surface area contributed by atoms with E-state index in [1.54, 1.807) is 0 Å². The lowest BCUT2D eigenvalue weighted by molar-refractivity contribution is -0.140. The Morgan fingerprint density at radius 1 is 1.19 bits per heavy atom. The van der Waals surface area contributed by atoms with Crippen molar-refractivity contribution in [3.8, 4) is 0 Å². The van der Waals surface area contributed by atoms with Gasteiger partial charge in [-0.05, 0) is 50.3 Å². The molecule has 21 heavy (non-hydrogen) atoms. The van der Waals surface area contributed by atoms with Crippen LogP contribution in [-0.2, 0) is 9.47 Å². The molecule has 2 fully saturated rings. The van der Waals surface area contributed by atoms with E-state index < -0.39 is 0 Å². The minimum absolute atomic E-state index is 0.0631. The molecule has 2 heterocycles. The minimum atomic E-state index is 0.0631. The van der Waals surface area contributed by atoms with Crippen LogP contribution >= 0.6 is 15.9 Å². The normalized spacial score (nSPS) is 26.7. The molecular weight excluding hydrogens is 330 g/mol. The highest BCUT2D eigenvalue weighted by molar-refractivity contribution is 9.10. The molecule has 1 aromatic rings. The third-order valence-electron chi connectivity index (χ3n) is 4.75. The van der Waals surface area contributed by atoms with Crippen molar-refractivity contribution in [2.24, 2.45) is 0 Å². The average Bonchev–Trinajstić information content (AvgIpc) is 2.49. The largest absolute Gasteiger partial charge is 0.381 e. The predicted molar refractivity (Wildman–Crippen MR) is 87.5 cm³/mol. The highest BCUT2D eigenvalue weighted by Gasteiger charge is 2.39. The van der Waals surface area contributed by atoms with Crippen LogP contribution in [0, 0.1) is 0 Å². The highest BCUT2D eigenvalue weighted by Crippen LogP contribution is 2.35. The van der Waals surface area contributed by atoms with Gasteiger partial charge in [0, 0.05) is 36.4 Å². The van der Waals surface area contributed by atoms with E-state index in [9.17, 15) is 0 Å². The molecule has 4 heteroatoms. The Kier molecular flexibility index (Phi) is 4.99. The first kappa shape index (κ1) is 15.5. The van der Waals surface area contributed by atoms with Crippen LogP contribution in [0.15, 0.2) is 28.7 Å². The molecule has 0 bridgehead atoms. The van der Waals surface area contributed by atoms with Crippen molar-refractivity contribution in [3.05, 3.63) is 34.3 Å². The zero-order valence-electron chi connectivity index (χ0n) is 12.6. The zero-order chi connectivity index (χ0) is 14.7. The SMILES string of the molecule is CC(NC1CCOC2(CCOCC2)C1)c1ccc(Br)cc1. The second-order valence-corrected chi connectivity index (χ2v) is 7.19. The molecule has 0 saturated carbocycles. The minimum Gasteiger partial charge on any atom is -0.381 e. The van der Waals surface area contributed by atoms with Crippen LogP contribution in [0.4, 0.5) is 0 Å². The van der Waals surface area contributed by atoms with Crippen LogP contribution in [0.1, 0.15) is 44.2 Å². The fourth-order valence-electron chi connectivity index (χ4n) is 3.46. The molecule has 0 radical (unpaired) electrons. The van der Waals surface area contributed by atoms with Gasteiger partial charge in [0.1, 0.15) is 0 Å². The number of hydrogen-bond acceptors (Lipinski definition) is 3. The highest BCUT2D eigenvalue weighted by atomic mass is 79.9. The average molecular weight is 354 g/mol. The van der Waals surface area contributed by atoms with E-state index in [-0.39, 0.29) is 5.60 Å². The predicted octanol–water partition coefficient (Wildman–Crippen LogP) is 3.83. The quantitative estimate of drug-likeness (QED) is 0.895. The van der Waals surface area contributed by atoms with Crippen LogP contribution in [-0.4, -0.2) is 31.5 Å². The summed E-state index contributed by atoms with van der Waals surface area (Å²) in [6.07, 6.45) is 4.29. The molecular formula is C17H24BrNO2. The van der Waals surface area contributed by atoms with Gasteiger partial charge in [-0.25, -0.2) is 0 Å². The molecule has 0 amide bonds. The zero-order valence-corrected chi connectivity index (χ0v) is 14.2. The summed E-state index contributed by atoms with van der Waals surface area (Å²) in [5, 5.41) is 3.79. The second kappa shape index (κ2) is 6.78. The molecule has 2 saturated heterocycles. The first-order chi connectivity index (χ1) is 10.2. The summed E-state index contributed by atoms with van der Waals surface area (Å²) in [5.41, 5.74) is 1.40. The monoisotopic (exact) mass is 353 g/mol. The Labute approximate surface area is 135 Å². The Morgan fingerprint density at radius 3 is 2.62 bits per heavy atom. The van der Waals surface area contributed by atoms with Crippen molar-refractivity contribution in [2.45, 2.75) is 50.3 Å². The van der Waals surface area contributed by atoms with Gasteiger partial charge < -0.3 is 14.8 Å². The lowest BCUT2D eigenvalue weighted by Crippen LogP contribution is -2.50. The van der Waals surface area contributed by atoms with Crippen LogP contribution < -0.4 is 5.32 Å². The smallest absolute Gasteiger partial charge is 0.0741 e. The van der Waals surface area contributed by atoms with E-state index in [1.807, 2.05) is 0 Å². The van der Waals surface area contributed by atoms with Gasteiger partial charge in [-0.15, -0.1) is 0 Å². The molecule has 1 N–H and O–H groups in total. The number of hydrogen-bond donors (Lipinski definition) is 1. The molecule has 0 aromatic heterocycles. The fourth-order valence-corrected chi connectivity index (χ4v) is 3.73. The number of nitrogens with one attached hydrogen (secondary N) is 1. The third-order valence-corrected chi connectivity index (χ3v) is 5.28. The van der Waals surface area contributed by atoms with Crippen LogP contribution in [0.2, 0.25) is 0 Å². The molecule has 2 atom stereocenters. The first-order valence-electron chi connectivity index (χ1n) is 7.90. The standard InChI is InChI=1S/C17H24BrNO2/c1-13(14-2-4-15(18)5-3-14)19-16-6-9-21-17(12-16)7-10-20-11-8-17/h2-5,13,16,19H,6-12H2,1H3. The molecule has 2 aliphatic rings. The summed E-state index contributed by atoms with van der Waals surface area (Å²) in [4.78, 5) is 0. The number of benzene rings is 1. The Bertz CT molecular complexity index is 451. The summed E-state index contributed by atoms with van der Waals surface area (Å²) in [5.74, 6) is 0. The maximum Gasteiger partial charge on any atom is 0.0741 e. The van der Waals surface area contributed by atoms with Gasteiger partial charge in [-0.3, -0.25) is 0 Å². The van der Waals surface area contributed by atoms with E-state index in [4.69, 9.17) is 9.47 Å². The molecule has 0 aliphatic carbocycles. The van der Waals surface area contributed by atoms with E-state index in [1.165, 1.54) is 5.56 Å². The molecule has 116 valence electrons. The van der Waals surface area contributed by atoms with Gasteiger partial charge in [0.25, 0.3) is 0 Å². The molecule has 2 aliphatic heterocycles. The van der Waals surface area contributed by atoms with Gasteiger partial charge in [0.15, 0.2) is 0 Å². The second-order valence-electron chi connectivity index (χ2n) is 6.27. The van der Waals surface area contributed by atoms with Crippen molar-refractivity contribution in [1.82, 2.24) is 5.32 Å². The lowest BCUT2D eigenvalue weighted by atomic mass is 9.83. The molecule has 3 nitrogen and oxygen atoms in total. The van der Waals surface area contributed by atoms with Crippen molar-refractivity contribution in [2.75, 3.05) is 19.8 Å². The summed E-state index contributed by atoms with van der Waals surface area (Å²) >= 11 is 3.49. The molecule has 1 spiro atoms. The van der Waals surface area contributed by atoms with Gasteiger partial charge in [0.05, 0.1) is 5.60 Å². The van der Waals surface area contributed by atoms with Crippen molar-refractivity contribution >= 4 is 15.9 Å². The van der Waals surface area contributed by atoms with Gasteiger partial charge in [-0.1, -0.05) is 28.1 Å². The van der Waals surface area contributed by atoms with E-state index in [2.05, 4.69) is 52.4 Å². The van der Waals surface area contributed by atoms with Crippen LogP contribution in [0.3, 0.4) is 0 Å². The summed E-state index contributed by atoms with van der Waals surface area (Å²) in [6, 6.07) is 9.50. The van der Waals surface area contributed by atoms with Crippen molar-refractivity contribution in [3.63, 3.8) is 0 Å².